The molecule has 1 rings (SSSR count). The fourth-order valence-corrected chi connectivity index (χ4v) is 1.52. The normalized spacial score (nSPS) is 11.1. The Morgan fingerprint density at radius 1 is 1.29 bits per heavy atom. The molecule has 0 amide bonds. The number of hydrogen-bond acceptors (Lipinski definition) is 3. The third-order valence-electron chi connectivity index (χ3n) is 2.74. The number of hydrogen-bond donors (Lipinski definition) is 0. The summed E-state index contributed by atoms with van der Waals surface area (Å²) in [7, 11) is 1.44. The molecule has 0 saturated carbocycles. The van der Waals surface area contributed by atoms with Crippen molar-refractivity contribution in [3.63, 3.8) is 0 Å². The molecule has 0 aliphatic heterocycles. The van der Waals surface area contributed by atoms with E-state index in [2.05, 4.69) is 0 Å². The van der Waals surface area contributed by atoms with E-state index < -0.39 is 5.41 Å². The van der Waals surface area contributed by atoms with Crippen LogP contribution in [0.3, 0.4) is 0 Å². The van der Waals surface area contributed by atoms with Gasteiger partial charge in [-0.2, -0.15) is 0 Å². The predicted molar refractivity (Wildman–Crippen MR) is 65.3 cm³/mol. The van der Waals surface area contributed by atoms with Gasteiger partial charge in [-0.3, -0.25) is 4.79 Å². The Hall–Kier alpha value is -1.71. The zero-order valence-corrected chi connectivity index (χ0v) is 10.7. The summed E-state index contributed by atoms with van der Waals surface area (Å²) in [6, 6.07) is 6.95. The Balaban J connectivity index is 2.99. The average molecular weight is 236 g/mol. The fourth-order valence-electron chi connectivity index (χ4n) is 1.52. The van der Waals surface area contributed by atoms with Gasteiger partial charge in [0.05, 0.1) is 12.0 Å². The van der Waals surface area contributed by atoms with E-state index in [1.165, 1.54) is 7.05 Å². The van der Waals surface area contributed by atoms with Crippen molar-refractivity contribution in [1.82, 2.24) is 0 Å². The third-order valence-corrected chi connectivity index (χ3v) is 2.74. The molecule has 1 aromatic rings. The van der Waals surface area contributed by atoms with Crippen LogP contribution < -0.4 is 0 Å². The van der Waals surface area contributed by atoms with E-state index in [4.69, 9.17) is 4.74 Å². The maximum absolute atomic E-state index is 11.8. The van der Waals surface area contributed by atoms with E-state index in [-0.39, 0.29) is 5.97 Å². The van der Waals surface area contributed by atoms with Crippen LogP contribution in [0.4, 0.5) is 5.69 Å². The Bertz CT molecular complexity index is 421. The minimum absolute atomic E-state index is 0.261. The molecule has 0 bridgehead atoms. The van der Waals surface area contributed by atoms with E-state index in [1.807, 2.05) is 0 Å². The second-order valence-corrected chi connectivity index (χ2v) is 4.39. The molecule has 0 aliphatic rings. The van der Waals surface area contributed by atoms with Gasteiger partial charge in [0.15, 0.2) is 7.05 Å². The minimum atomic E-state index is -0.698. The highest BCUT2D eigenvalue weighted by Gasteiger charge is 2.31. The Morgan fingerprint density at radius 2 is 1.82 bits per heavy atom. The first-order valence-corrected chi connectivity index (χ1v) is 5.58. The molecule has 0 spiro atoms. The molecule has 92 valence electrons. The second-order valence-electron chi connectivity index (χ2n) is 4.39. The van der Waals surface area contributed by atoms with Gasteiger partial charge in [0.1, 0.15) is 0 Å². The van der Waals surface area contributed by atoms with Crippen molar-refractivity contribution in [1.29, 1.82) is 0 Å². The molecule has 0 unspecified atom stereocenters. The zero-order chi connectivity index (χ0) is 13.1. The lowest BCUT2D eigenvalue weighted by Crippen LogP contribution is -2.31. The number of nitroso groups, excluding NO2 is 1. The molecular weight excluding hydrogens is 218 g/mol. The molecule has 0 N–H and O–H groups in total. The van der Waals surface area contributed by atoms with E-state index in [1.54, 1.807) is 45.0 Å². The van der Waals surface area contributed by atoms with Gasteiger partial charge in [0.25, 0.3) is 5.69 Å². The van der Waals surface area contributed by atoms with Crippen LogP contribution in [0.2, 0.25) is 0 Å². The summed E-state index contributed by atoms with van der Waals surface area (Å²) in [6.07, 6.45) is 0. The summed E-state index contributed by atoms with van der Waals surface area (Å²) in [4.78, 5) is 22.9. The quantitative estimate of drug-likeness (QED) is 0.596. The summed E-state index contributed by atoms with van der Waals surface area (Å²) >= 11 is 0. The molecular formula is C13H18NO3+. The standard InChI is InChI=1S/C13H18NO3/c1-5-17-12(15)13(2,3)10-6-8-11(9-7-10)14(4)16/h6-9H,5H2,1-4H3/q+1. The van der Waals surface area contributed by atoms with Crippen molar-refractivity contribution >= 4 is 11.7 Å². The first kappa shape index (κ1) is 13.4. The predicted octanol–water partition coefficient (Wildman–Crippen LogP) is 2.57. The Kier molecular flexibility index (Phi) is 3.99. The van der Waals surface area contributed by atoms with Crippen LogP contribution in [-0.4, -0.2) is 24.4 Å². The van der Waals surface area contributed by atoms with Crippen molar-refractivity contribution in [3.8, 4) is 0 Å². The van der Waals surface area contributed by atoms with Crippen molar-refractivity contribution in [2.75, 3.05) is 13.7 Å². The van der Waals surface area contributed by atoms with Crippen LogP contribution >= 0.6 is 0 Å². The van der Waals surface area contributed by atoms with Gasteiger partial charge in [-0.25, -0.2) is 0 Å². The number of rotatable bonds is 4. The SMILES string of the molecule is CCOC(=O)C(C)(C)c1ccc([N+](C)=O)cc1. The summed E-state index contributed by atoms with van der Waals surface area (Å²) < 4.78 is 5.81. The molecule has 0 heterocycles. The highest BCUT2D eigenvalue weighted by Crippen LogP contribution is 2.26. The van der Waals surface area contributed by atoms with Crippen LogP contribution in [0, 0.1) is 4.91 Å². The van der Waals surface area contributed by atoms with Gasteiger partial charge in [0, 0.05) is 21.8 Å². The number of benzene rings is 1. The maximum atomic E-state index is 11.8. The lowest BCUT2D eigenvalue weighted by atomic mass is 9.84. The van der Waals surface area contributed by atoms with E-state index in [0.717, 1.165) is 10.3 Å². The highest BCUT2D eigenvalue weighted by molar-refractivity contribution is 5.82. The van der Waals surface area contributed by atoms with Crippen LogP contribution in [0.15, 0.2) is 24.3 Å². The number of carbonyl (C=O) groups excluding carboxylic acids is 1. The third kappa shape index (κ3) is 2.90. The second kappa shape index (κ2) is 5.08. The average Bonchev–Trinajstić information content (AvgIpc) is 2.29. The first-order valence-electron chi connectivity index (χ1n) is 5.58. The zero-order valence-electron chi connectivity index (χ0n) is 10.7. The number of nitrogens with zero attached hydrogens (tertiary/aromatic N) is 1. The van der Waals surface area contributed by atoms with Crippen LogP contribution in [-0.2, 0) is 14.9 Å². The van der Waals surface area contributed by atoms with Gasteiger partial charge in [-0.05, 0) is 26.3 Å². The number of esters is 1. The molecule has 0 aromatic heterocycles. The molecule has 0 fully saturated rings. The van der Waals surface area contributed by atoms with Gasteiger partial charge < -0.3 is 4.74 Å². The van der Waals surface area contributed by atoms with E-state index in [0.29, 0.717) is 12.3 Å². The molecule has 0 aliphatic carbocycles. The summed E-state index contributed by atoms with van der Waals surface area (Å²) in [5, 5.41) is 0. The molecule has 0 saturated heterocycles. The fraction of sp³-hybridized carbons (Fsp3) is 0.462. The Morgan fingerprint density at radius 3 is 2.24 bits per heavy atom. The minimum Gasteiger partial charge on any atom is -0.465 e. The maximum Gasteiger partial charge on any atom is 0.315 e. The lowest BCUT2D eigenvalue weighted by Gasteiger charge is -2.22. The largest absolute Gasteiger partial charge is 0.465 e. The van der Waals surface area contributed by atoms with Crippen molar-refractivity contribution in [2.24, 2.45) is 0 Å². The van der Waals surface area contributed by atoms with Gasteiger partial charge in [-0.1, -0.05) is 12.1 Å². The summed E-state index contributed by atoms with van der Waals surface area (Å²) in [5.74, 6) is -0.261. The summed E-state index contributed by atoms with van der Waals surface area (Å²) in [5.41, 5.74) is 0.700. The van der Waals surface area contributed by atoms with E-state index >= 15 is 0 Å². The van der Waals surface area contributed by atoms with E-state index in [9.17, 15) is 9.70 Å². The monoisotopic (exact) mass is 236 g/mol. The van der Waals surface area contributed by atoms with Crippen LogP contribution in [0.1, 0.15) is 26.3 Å². The highest BCUT2D eigenvalue weighted by atomic mass is 16.5. The topological polar surface area (TPSA) is 46.4 Å². The number of ether oxygens (including phenoxy) is 1. The molecule has 4 heteroatoms. The molecule has 0 atom stereocenters. The molecule has 4 nitrogen and oxygen atoms in total. The summed E-state index contributed by atoms with van der Waals surface area (Å²) in [6.45, 7) is 5.76. The van der Waals surface area contributed by atoms with Crippen molar-refractivity contribution in [2.45, 2.75) is 26.2 Å². The molecule has 17 heavy (non-hydrogen) atoms. The van der Waals surface area contributed by atoms with Gasteiger partial charge in [-0.15, -0.1) is 0 Å². The van der Waals surface area contributed by atoms with Crippen LogP contribution in [0.5, 0.6) is 0 Å². The van der Waals surface area contributed by atoms with Crippen molar-refractivity contribution < 1.29 is 14.3 Å². The Labute approximate surface area is 101 Å². The van der Waals surface area contributed by atoms with Gasteiger partial charge >= 0.3 is 5.97 Å². The van der Waals surface area contributed by atoms with Crippen LogP contribution in [0.25, 0.3) is 0 Å². The molecule has 0 radical (unpaired) electrons. The first-order chi connectivity index (χ1) is 7.89. The number of carbonyl (C=O) groups is 1. The molecule has 1 aromatic carbocycles. The van der Waals surface area contributed by atoms with Crippen molar-refractivity contribution in [3.05, 3.63) is 34.7 Å². The van der Waals surface area contributed by atoms with Gasteiger partial charge in [0.2, 0.25) is 0 Å². The smallest absolute Gasteiger partial charge is 0.315 e. The lowest BCUT2D eigenvalue weighted by molar-refractivity contribution is -0.428.